The molecule has 0 aliphatic carbocycles. The van der Waals surface area contributed by atoms with Crippen molar-refractivity contribution in [2.24, 2.45) is 0 Å². The number of hydrogen-bond acceptors (Lipinski definition) is 4. The van der Waals surface area contributed by atoms with E-state index in [4.69, 9.17) is 5.73 Å². The van der Waals surface area contributed by atoms with Gasteiger partial charge < -0.3 is 10.6 Å². The van der Waals surface area contributed by atoms with Crippen molar-refractivity contribution >= 4 is 22.7 Å². The molecule has 0 bridgehead atoms. The van der Waals surface area contributed by atoms with Gasteiger partial charge in [0.1, 0.15) is 0 Å². The molecule has 0 radical (unpaired) electrons. The predicted octanol–water partition coefficient (Wildman–Crippen LogP) is 3.95. The van der Waals surface area contributed by atoms with E-state index < -0.39 is 0 Å². The first kappa shape index (κ1) is 13.4. The van der Waals surface area contributed by atoms with Gasteiger partial charge in [-0.2, -0.15) is 0 Å². The molecule has 0 atom stereocenters. The predicted molar refractivity (Wildman–Crippen MR) is 87.4 cm³/mol. The fourth-order valence-electron chi connectivity index (χ4n) is 2.74. The molecular formula is C16H21N3S. The summed E-state index contributed by atoms with van der Waals surface area (Å²) in [5.74, 6) is 0. The fourth-order valence-corrected chi connectivity index (χ4v) is 3.50. The number of anilines is 2. The number of piperidine rings is 1. The minimum Gasteiger partial charge on any atom is -0.397 e. The average molecular weight is 287 g/mol. The van der Waals surface area contributed by atoms with Gasteiger partial charge in [-0.1, -0.05) is 13.0 Å². The Morgan fingerprint density at radius 3 is 2.70 bits per heavy atom. The zero-order valence-corrected chi connectivity index (χ0v) is 12.7. The standard InChI is InChI=1S/C16H21N3S/c1-2-16-18-14(11-20-16)12-6-7-15(13(17)10-12)19-8-4-3-5-9-19/h6-7,10-11H,2-5,8-9,17H2,1H3. The smallest absolute Gasteiger partial charge is 0.0929 e. The molecule has 1 aliphatic rings. The summed E-state index contributed by atoms with van der Waals surface area (Å²) in [5, 5.41) is 3.30. The second-order valence-electron chi connectivity index (χ2n) is 5.30. The highest BCUT2D eigenvalue weighted by Gasteiger charge is 2.14. The maximum atomic E-state index is 6.26. The molecule has 1 aromatic heterocycles. The van der Waals surface area contributed by atoms with Crippen LogP contribution in [0.5, 0.6) is 0 Å². The number of benzene rings is 1. The topological polar surface area (TPSA) is 42.2 Å². The van der Waals surface area contributed by atoms with Gasteiger partial charge in [0.15, 0.2) is 0 Å². The molecule has 1 aromatic carbocycles. The number of aromatic nitrogens is 1. The number of nitrogen functional groups attached to an aromatic ring is 1. The molecular weight excluding hydrogens is 266 g/mol. The molecule has 2 N–H and O–H groups in total. The van der Waals surface area contributed by atoms with Crippen LogP contribution >= 0.6 is 11.3 Å². The van der Waals surface area contributed by atoms with Crippen molar-refractivity contribution in [1.29, 1.82) is 0 Å². The first-order chi connectivity index (χ1) is 9.78. The highest BCUT2D eigenvalue weighted by Crippen LogP contribution is 2.31. The van der Waals surface area contributed by atoms with Crippen LogP contribution in [-0.4, -0.2) is 18.1 Å². The van der Waals surface area contributed by atoms with Crippen LogP contribution in [0.15, 0.2) is 23.6 Å². The van der Waals surface area contributed by atoms with Crippen LogP contribution in [0, 0.1) is 0 Å². The number of nitrogens with two attached hydrogens (primary N) is 1. The lowest BCUT2D eigenvalue weighted by atomic mass is 10.1. The normalized spacial score (nSPS) is 15.6. The van der Waals surface area contributed by atoms with Crippen molar-refractivity contribution in [2.45, 2.75) is 32.6 Å². The van der Waals surface area contributed by atoms with Gasteiger partial charge >= 0.3 is 0 Å². The van der Waals surface area contributed by atoms with E-state index in [2.05, 4.69) is 40.4 Å². The molecule has 2 aromatic rings. The minimum absolute atomic E-state index is 0.871. The van der Waals surface area contributed by atoms with Crippen molar-refractivity contribution in [3.63, 3.8) is 0 Å². The van der Waals surface area contributed by atoms with Crippen molar-refractivity contribution in [1.82, 2.24) is 4.98 Å². The summed E-state index contributed by atoms with van der Waals surface area (Å²) < 4.78 is 0. The third kappa shape index (κ3) is 2.66. The average Bonchev–Trinajstić information content (AvgIpc) is 2.97. The van der Waals surface area contributed by atoms with E-state index in [0.717, 1.165) is 36.5 Å². The van der Waals surface area contributed by atoms with Crippen LogP contribution in [0.4, 0.5) is 11.4 Å². The Balaban J connectivity index is 1.86. The molecule has 4 heteroatoms. The monoisotopic (exact) mass is 287 g/mol. The summed E-state index contributed by atoms with van der Waals surface area (Å²) in [7, 11) is 0. The molecule has 1 saturated heterocycles. The van der Waals surface area contributed by atoms with E-state index >= 15 is 0 Å². The second kappa shape index (κ2) is 5.83. The van der Waals surface area contributed by atoms with Gasteiger partial charge in [-0.15, -0.1) is 11.3 Å². The van der Waals surface area contributed by atoms with Crippen LogP contribution in [0.2, 0.25) is 0 Å². The molecule has 0 spiro atoms. The molecule has 0 amide bonds. The second-order valence-corrected chi connectivity index (χ2v) is 6.24. The Labute approximate surface area is 124 Å². The Hall–Kier alpha value is -1.55. The molecule has 3 nitrogen and oxygen atoms in total. The summed E-state index contributed by atoms with van der Waals surface area (Å²) in [4.78, 5) is 7.04. The Morgan fingerprint density at radius 2 is 2.05 bits per heavy atom. The zero-order valence-electron chi connectivity index (χ0n) is 11.9. The Bertz CT molecular complexity index is 585. The van der Waals surface area contributed by atoms with Gasteiger partial charge in [-0.25, -0.2) is 4.98 Å². The number of hydrogen-bond donors (Lipinski definition) is 1. The lowest BCUT2D eigenvalue weighted by molar-refractivity contribution is 0.578. The van der Waals surface area contributed by atoms with Crippen molar-refractivity contribution in [3.05, 3.63) is 28.6 Å². The summed E-state index contributed by atoms with van der Waals surface area (Å²) in [6.45, 7) is 4.39. The van der Waals surface area contributed by atoms with Crippen molar-refractivity contribution < 1.29 is 0 Å². The van der Waals surface area contributed by atoms with E-state index in [1.807, 2.05) is 0 Å². The zero-order chi connectivity index (χ0) is 13.9. The quantitative estimate of drug-likeness (QED) is 0.869. The largest absolute Gasteiger partial charge is 0.397 e. The number of nitrogens with zero attached hydrogens (tertiary/aromatic N) is 2. The molecule has 1 aliphatic heterocycles. The SMILES string of the molecule is CCc1nc(-c2ccc(N3CCCCC3)c(N)c2)cs1. The summed E-state index contributed by atoms with van der Waals surface area (Å²) >= 11 is 1.72. The first-order valence-corrected chi connectivity index (χ1v) is 8.25. The molecule has 0 saturated carbocycles. The van der Waals surface area contributed by atoms with Crippen LogP contribution < -0.4 is 10.6 Å². The number of rotatable bonds is 3. The molecule has 3 rings (SSSR count). The number of aryl methyl sites for hydroxylation is 1. The minimum atomic E-state index is 0.871. The van der Waals surface area contributed by atoms with Gasteiger partial charge in [0, 0.05) is 24.0 Å². The van der Waals surface area contributed by atoms with Crippen LogP contribution in [-0.2, 0) is 6.42 Å². The van der Waals surface area contributed by atoms with Crippen molar-refractivity contribution in [2.75, 3.05) is 23.7 Å². The van der Waals surface area contributed by atoms with Crippen LogP contribution in [0.25, 0.3) is 11.3 Å². The molecule has 106 valence electrons. The Morgan fingerprint density at radius 1 is 1.25 bits per heavy atom. The summed E-state index contributed by atoms with van der Waals surface area (Å²) in [6, 6.07) is 6.37. The summed E-state index contributed by atoms with van der Waals surface area (Å²) in [6.07, 6.45) is 4.87. The molecule has 0 unspecified atom stereocenters. The van der Waals surface area contributed by atoms with Gasteiger partial charge in [0.2, 0.25) is 0 Å². The maximum Gasteiger partial charge on any atom is 0.0929 e. The van der Waals surface area contributed by atoms with Gasteiger partial charge in [0.25, 0.3) is 0 Å². The van der Waals surface area contributed by atoms with E-state index in [9.17, 15) is 0 Å². The van der Waals surface area contributed by atoms with E-state index in [1.54, 1.807) is 11.3 Å². The first-order valence-electron chi connectivity index (χ1n) is 7.37. The molecule has 1 fully saturated rings. The van der Waals surface area contributed by atoms with E-state index in [0.29, 0.717) is 0 Å². The maximum absolute atomic E-state index is 6.26. The third-order valence-electron chi connectivity index (χ3n) is 3.87. The Kier molecular flexibility index (Phi) is 3.92. The third-order valence-corrected chi connectivity index (χ3v) is 4.87. The highest BCUT2D eigenvalue weighted by atomic mass is 32.1. The lowest BCUT2D eigenvalue weighted by Crippen LogP contribution is -2.29. The van der Waals surface area contributed by atoms with E-state index in [-0.39, 0.29) is 0 Å². The van der Waals surface area contributed by atoms with E-state index in [1.165, 1.54) is 30.0 Å². The highest BCUT2D eigenvalue weighted by molar-refractivity contribution is 7.09. The van der Waals surface area contributed by atoms with Crippen LogP contribution in [0.3, 0.4) is 0 Å². The summed E-state index contributed by atoms with van der Waals surface area (Å²) in [5.41, 5.74) is 10.5. The molecule has 2 heterocycles. The lowest BCUT2D eigenvalue weighted by Gasteiger charge is -2.30. The fraction of sp³-hybridized carbons (Fsp3) is 0.438. The van der Waals surface area contributed by atoms with Crippen molar-refractivity contribution in [3.8, 4) is 11.3 Å². The number of thiazole rings is 1. The van der Waals surface area contributed by atoms with Gasteiger partial charge in [-0.05, 0) is 37.8 Å². The van der Waals surface area contributed by atoms with Crippen LogP contribution in [0.1, 0.15) is 31.2 Å². The van der Waals surface area contributed by atoms with Gasteiger partial charge in [-0.3, -0.25) is 0 Å². The van der Waals surface area contributed by atoms with Gasteiger partial charge in [0.05, 0.1) is 22.1 Å². The molecule has 20 heavy (non-hydrogen) atoms.